The van der Waals surface area contributed by atoms with Crippen LogP contribution < -0.4 is 5.32 Å². The second kappa shape index (κ2) is 6.39. The molecule has 2 atom stereocenters. The molecule has 1 aliphatic rings. The molecule has 0 saturated heterocycles. The molecule has 2 unspecified atom stereocenters. The molecule has 112 valence electrons. The Balaban J connectivity index is 1.89. The van der Waals surface area contributed by atoms with Crippen molar-refractivity contribution in [2.75, 3.05) is 11.9 Å². The molecule has 0 spiro atoms. The van der Waals surface area contributed by atoms with Crippen LogP contribution in [-0.4, -0.2) is 29.6 Å². The highest BCUT2D eigenvalue weighted by Crippen LogP contribution is 2.39. The van der Waals surface area contributed by atoms with Gasteiger partial charge < -0.3 is 15.2 Å². The van der Waals surface area contributed by atoms with Crippen LogP contribution in [0.3, 0.4) is 0 Å². The minimum Gasteiger partial charge on any atom is -0.481 e. The number of aliphatic carboxylic acids is 1. The maximum absolute atomic E-state index is 11.8. The maximum Gasteiger partial charge on any atom is 0.338 e. The average Bonchev–Trinajstić information content (AvgIpc) is 3.26. The Morgan fingerprint density at radius 3 is 2.43 bits per heavy atom. The van der Waals surface area contributed by atoms with E-state index in [0.29, 0.717) is 24.3 Å². The number of carbonyl (C=O) groups is 3. The minimum absolute atomic E-state index is 0.302. The summed E-state index contributed by atoms with van der Waals surface area (Å²) < 4.78 is 5.00. The first-order valence-corrected chi connectivity index (χ1v) is 6.83. The van der Waals surface area contributed by atoms with Crippen LogP contribution in [0, 0.1) is 11.8 Å². The van der Waals surface area contributed by atoms with Gasteiger partial charge in [0, 0.05) is 5.69 Å². The smallest absolute Gasteiger partial charge is 0.338 e. The fourth-order valence-electron chi connectivity index (χ4n) is 1.96. The van der Waals surface area contributed by atoms with Crippen LogP contribution in [0.1, 0.15) is 30.1 Å². The average molecular weight is 291 g/mol. The van der Waals surface area contributed by atoms with Crippen molar-refractivity contribution in [1.29, 1.82) is 0 Å². The Morgan fingerprint density at radius 2 is 1.90 bits per heavy atom. The van der Waals surface area contributed by atoms with Crippen molar-refractivity contribution in [3.8, 4) is 0 Å². The van der Waals surface area contributed by atoms with Gasteiger partial charge in [0.25, 0.3) is 0 Å². The number of hydrogen-bond acceptors (Lipinski definition) is 4. The third-order valence-corrected chi connectivity index (χ3v) is 3.27. The van der Waals surface area contributed by atoms with Crippen molar-refractivity contribution in [2.45, 2.75) is 19.8 Å². The Morgan fingerprint density at radius 1 is 1.24 bits per heavy atom. The molecule has 0 heterocycles. The Bertz CT molecular complexity index is 552. The van der Waals surface area contributed by atoms with E-state index in [2.05, 4.69) is 5.32 Å². The molecule has 0 aliphatic heterocycles. The number of carbonyl (C=O) groups excluding carboxylic acids is 2. The number of anilines is 1. The van der Waals surface area contributed by atoms with Gasteiger partial charge in [-0.1, -0.05) is 6.92 Å². The number of carboxylic acid groups (broad SMARTS) is 1. The SMILES string of the molecule is CCCOC(=O)c1ccc(NC(=O)C2CC2C(=O)O)cc1. The number of esters is 1. The summed E-state index contributed by atoms with van der Waals surface area (Å²) in [5.41, 5.74) is 0.944. The standard InChI is InChI=1S/C15H17NO5/c1-2-7-21-15(20)9-3-5-10(6-4-9)16-13(17)11-8-12(11)14(18)19/h3-6,11-12H,2,7-8H2,1H3,(H,16,17)(H,18,19). The number of ether oxygens (including phenoxy) is 1. The van der Waals surface area contributed by atoms with Gasteiger partial charge in [-0.2, -0.15) is 0 Å². The van der Waals surface area contributed by atoms with E-state index in [1.165, 1.54) is 0 Å². The van der Waals surface area contributed by atoms with E-state index in [1.807, 2.05) is 6.92 Å². The summed E-state index contributed by atoms with van der Waals surface area (Å²) in [6.07, 6.45) is 1.13. The lowest BCUT2D eigenvalue weighted by Gasteiger charge is -2.06. The van der Waals surface area contributed by atoms with Crippen LogP contribution in [0.15, 0.2) is 24.3 Å². The van der Waals surface area contributed by atoms with Crippen molar-refractivity contribution in [3.63, 3.8) is 0 Å². The van der Waals surface area contributed by atoms with Gasteiger partial charge in [-0.3, -0.25) is 9.59 Å². The van der Waals surface area contributed by atoms with Crippen LogP contribution >= 0.6 is 0 Å². The molecule has 2 rings (SSSR count). The number of hydrogen-bond donors (Lipinski definition) is 2. The van der Waals surface area contributed by atoms with Gasteiger partial charge in [0.1, 0.15) is 0 Å². The van der Waals surface area contributed by atoms with Crippen molar-refractivity contribution in [1.82, 2.24) is 0 Å². The summed E-state index contributed by atoms with van der Waals surface area (Å²) in [4.78, 5) is 34.1. The van der Waals surface area contributed by atoms with Gasteiger partial charge in [0.2, 0.25) is 5.91 Å². The number of benzene rings is 1. The second-order valence-electron chi connectivity index (χ2n) is 4.99. The van der Waals surface area contributed by atoms with E-state index in [4.69, 9.17) is 9.84 Å². The fraction of sp³-hybridized carbons (Fsp3) is 0.400. The summed E-state index contributed by atoms with van der Waals surface area (Å²) in [7, 11) is 0. The van der Waals surface area contributed by atoms with E-state index in [1.54, 1.807) is 24.3 Å². The molecule has 6 heteroatoms. The monoisotopic (exact) mass is 291 g/mol. The van der Waals surface area contributed by atoms with Crippen LogP contribution in [0.4, 0.5) is 5.69 Å². The lowest BCUT2D eigenvalue weighted by molar-refractivity contribution is -0.139. The zero-order valence-electron chi connectivity index (χ0n) is 11.7. The molecule has 0 bridgehead atoms. The van der Waals surface area contributed by atoms with Gasteiger partial charge in [-0.25, -0.2) is 4.79 Å². The minimum atomic E-state index is -0.941. The van der Waals surface area contributed by atoms with Crippen LogP contribution in [-0.2, 0) is 14.3 Å². The Labute approximate surface area is 122 Å². The third-order valence-electron chi connectivity index (χ3n) is 3.27. The van der Waals surface area contributed by atoms with E-state index in [0.717, 1.165) is 6.42 Å². The highest BCUT2D eigenvalue weighted by Gasteiger charge is 2.48. The van der Waals surface area contributed by atoms with E-state index in [9.17, 15) is 14.4 Å². The normalized spacial score (nSPS) is 19.7. The fourth-order valence-corrected chi connectivity index (χ4v) is 1.96. The zero-order valence-corrected chi connectivity index (χ0v) is 11.7. The first kappa shape index (κ1) is 15.0. The highest BCUT2D eigenvalue weighted by molar-refractivity contribution is 5.98. The van der Waals surface area contributed by atoms with Gasteiger partial charge in [0.05, 0.1) is 24.0 Å². The van der Waals surface area contributed by atoms with Crippen LogP contribution in [0.25, 0.3) is 0 Å². The molecular weight excluding hydrogens is 274 g/mol. The molecule has 1 fully saturated rings. The summed E-state index contributed by atoms with van der Waals surface area (Å²) in [5, 5.41) is 11.4. The van der Waals surface area contributed by atoms with E-state index >= 15 is 0 Å². The van der Waals surface area contributed by atoms with Gasteiger partial charge >= 0.3 is 11.9 Å². The molecule has 1 amide bonds. The third kappa shape index (κ3) is 3.81. The van der Waals surface area contributed by atoms with Crippen molar-refractivity contribution in [2.24, 2.45) is 11.8 Å². The summed E-state index contributed by atoms with van der Waals surface area (Å²) in [6, 6.07) is 6.32. The molecule has 6 nitrogen and oxygen atoms in total. The predicted octanol–water partition coefficient (Wildman–Crippen LogP) is 1.91. The summed E-state index contributed by atoms with van der Waals surface area (Å²) in [6.45, 7) is 2.28. The van der Waals surface area contributed by atoms with Crippen molar-refractivity contribution >= 4 is 23.5 Å². The van der Waals surface area contributed by atoms with Gasteiger partial charge in [-0.15, -0.1) is 0 Å². The molecule has 1 aromatic rings. The second-order valence-corrected chi connectivity index (χ2v) is 4.99. The first-order chi connectivity index (χ1) is 10.0. The first-order valence-electron chi connectivity index (χ1n) is 6.83. The number of rotatable bonds is 6. The summed E-state index contributed by atoms with van der Waals surface area (Å²) in [5.74, 6) is -2.68. The van der Waals surface area contributed by atoms with Gasteiger partial charge in [0.15, 0.2) is 0 Å². The highest BCUT2D eigenvalue weighted by atomic mass is 16.5. The topological polar surface area (TPSA) is 92.7 Å². The molecular formula is C15H17NO5. The van der Waals surface area contributed by atoms with Crippen molar-refractivity contribution in [3.05, 3.63) is 29.8 Å². The van der Waals surface area contributed by atoms with E-state index in [-0.39, 0.29) is 5.91 Å². The molecule has 0 aromatic heterocycles. The quantitative estimate of drug-likeness (QED) is 0.781. The Kier molecular flexibility index (Phi) is 4.57. The molecule has 2 N–H and O–H groups in total. The Hall–Kier alpha value is -2.37. The predicted molar refractivity (Wildman–Crippen MR) is 74.9 cm³/mol. The molecule has 1 aliphatic carbocycles. The lowest BCUT2D eigenvalue weighted by Crippen LogP contribution is -2.16. The van der Waals surface area contributed by atoms with Gasteiger partial charge in [-0.05, 0) is 37.1 Å². The van der Waals surface area contributed by atoms with Crippen LogP contribution in [0.5, 0.6) is 0 Å². The maximum atomic E-state index is 11.8. The zero-order chi connectivity index (χ0) is 15.4. The molecule has 0 radical (unpaired) electrons. The molecule has 1 aromatic carbocycles. The van der Waals surface area contributed by atoms with Crippen molar-refractivity contribution < 1.29 is 24.2 Å². The number of amides is 1. The molecule has 1 saturated carbocycles. The number of carboxylic acids is 1. The number of nitrogens with one attached hydrogen (secondary N) is 1. The lowest BCUT2D eigenvalue weighted by atomic mass is 10.2. The largest absolute Gasteiger partial charge is 0.481 e. The molecule has 21 heavy (non-hydrogen) atoms. The van der Waals surface area contributed by atoms with E-state index < -0.39 is 23.8 Å². The van der Waals surface area contributed by atoms with Crippen LogP contribution in [0.2, 0.25) is 0 Å². The summed E-state index contributed by atoms with van der Waals surface area (Å²) >= 11 is 0.